The molecule has 0 spiro atoms. The van der Waals surface area contributed by atoms with Crippen molar-refractivity contribution in [2.45, 2.75) is 40.0 Å². The molecule has 0 atom stereocenters. The molecule has 0 heterocycles. The van der Waals surface area contributed by atoms with Crippen LogP contribution in [0.2, 0.25) is 0 Å². The second-order valence-corrected chi connectivity index (χ2v) is 4.88. The topological polar surface area (TPSA) is 26.3 Å². The number of hydrogen-bond donors (Lipinski definition) is 0. The van der Waals surface area contributed by atoms with Crippen molar-refractivity contribution in [2.75, 3.05) is 0 Å². The van der Waals surface area contributed by atoms with Crippen LogP contribution in [0.15, 0.2) is 30.3 Å². The standard InChI is InChI=1S/C14H20O2/c1-4-10-14(2,3)11-13(15)16-12-8-6-5-7-9-12/h5-9H,4,10-11H2,1-3H3. The van der Waals surface area contributed by atoms with E-state index in [-0.39, 0.29) is 11.4 Å². The summed E-state index contributed by atoms with van der Waals surface area (Å²) in [6.07, 6.45) is 2.60. The number of esters is 1. The molecule has 0 fully saturated rings. The first kappa shape index (κ1) is 12.8. The molecule has 1 aromatic carbocycles. The summed E-state index contributed by atoms with van der Waals surface area (Å²) in [5, 5.41) is 0. The zero-order chi connectivity index (χ0) is 12.0. The molecular formula is C14H20O2. The zero-order valence-electron chi connectivity index (χ0n) is 10.3. The van der Waals surface area contributed by atoms with Gasteiger partial charge in [0.25, 0.3) is 0 Å². The molecule has 0 aliphatic heterocycles. The largest absolute Gasteiger partial charge is 0.427 e. The lowest BCUT2D eigenvalue weighted by molar-refractivity contribution is -0.136. The molecule has 1 aromatic rings. The molecular weight excluding hydrogens is 200 g/mol. The Morgan fingerprint density at radius 3 is 2.44 bits per heavy atom. The lowest BCUT2D eigenvalue weighted by Gasteiger charge is -2.22. The average molecular weight is 220 g/mol. The van der Waals surface area contributed by atoms with E-state index >= 15 is 0 Å². The first-order valence-corrected chi connectivity index (χ1v) is 5.79. The number of hydrogen-bond acceptors (Lipinski definition) is 2. The molecule has 2 heteroatoms. The van der Waals surface area contributed by atoms with Crippen molar-refractivity contribution in [3.05, 3.63) is 30.3 Å². The maximum Gasteiger partial charge on any atom is 0.311 e. The van der Waals surface area contributed by atoms with Crippen molar-refractivity contribution in [3.8, 4) is 5.75 Å². The minimum absolute atomic E-state index is 0.0284. The highest BCUT2D eigenvalue weighted by Crippen LogP contribution is 2.27. The van der Waals surface area contributed by atoms with Crippen LogP contribution in [-0.4, -0.2) is 5.97 Å². The number of rotatable bonds is 5. The first-order chi connectivity index (χ1) is 7.53. The predicted octanol–water partition coefficient (Wildman–Crippen LogP) is 3.81. The second kappa shape index (κ2) is 5.69. The maximum atomic E-state index is 11.7. The van der Waals surface area contributed by atoms with Crippen LogP contribution in [0.5, 0.6) is 5.75 Å². The van der Waals surface area contributed by atoms with E-state index < -0.39 is 0 Å². The Kier molecular flexibility index (Phi) is 4.53. The van der Waals surface area contributed by atoms with Crippen LogP contribution in [0.1, 0.15) is 40.0 Å². The van der Waals surface area contributed by atoms with Gasteiger partial charge in [0.2, 0.25) is 0 Å². The van der Waals surface area contributed by atoms with Crippen LogP contribution in [0.25, 0.3) is 0 Å². The van der Waals surface area contributed by atoms with Crippen LogP contribution in [0, 0.1) is 5.41 Å². The lowest BCUT2D eigenvalue weighted by Crippen LogP contribution is -2.20. The Bertz CT molecular complexity index is 328. The van der Waals surface area contributed by atoms with Crippen molar-refractivity contribution in [1.82, 2.24) is 0 Å². The highest BCUT2D eigenvalue weighted by Gasteiger charge is 2.22. The minimum atomic E-state index is -0.148. The SMILES string of the molecule is CCCC(C)(C)CC(=O)Oc1ccccc1. The molecule has 0 aliphatic rings. The summed E-state index contributed by atoms with van der Waals surface area (Å²) in [5.74, 6) is 0.476. The molecule has 0 bridgehead atoms. The van der Waals surface area contributed by atoms with Crippen molar-refractivity contribution in [3.63, 3.8) is 0 Å². The molecule has 88 valence electrons. The molecule has 0 saturated heterocycles. The van der Waals surface area contributed by atoms with Gasteiger partial charge < -0.3 is 4.74 Å². The quantitative estimate of drug-likeness (QED) is 0.557. The molecule has 0 aromatic heterocycles. The van der Waals surface area contributed by atoms with Gasteiger partial charge in [0, 0.05) is 0 Å². The first-order valence-electron chi connectivity index (χ1n) is 5.79. The molecule has 0 N–H and O–H groups in total. The van der Waals surface area contributed by atoms with Gasteiger partial charge in [-0.05, 0) is 24.0 Å². The third-order valence-electron chi connectivity index (χ3n) is 2.52. The number of carbonyl (C=O) groups excluding carboxylic acids is 1. The fourth-order valence-electron chi connectivity index (χ4n) is 1.81. The molecule has 0 aliphatic carbocycles. The van der Waals surface area contributed by atoms with Crippen molar-refractivity contribution < 1.29 is 9.53 Å². The van der Waals surface area contributed by atoms with Crippen LogP contribution in [0.4, 0.5) is 0 Å². The van der Waals surface area contributed by atoms with Gasteiger partial charge in [-0.15, -0.1) is 0 Å². The van der Waals surface area contributed by atoms with Crippen molar-refractivity contribution in [1.29, 1.82) is 0 Å². The smallest absolute Gasteiger partial charge is 0.311 e. The summed E-state index contributed by atoms with van der Waals surface area (Å²) < 4.78 is 5.26. The third kappa shape index (κ3) is 4.47. The summed E-state index contributed by atoms with van der Waals surface area (Å²) in [6.45, 7) is 6.33. The molecule has 2 nitrogen and oxygen atoms in total. The molecule has 0 amide bonds. The Balaban J connectivity index is 2.48. The van der Waals surface area contributed by atoms with Crippen LogP contribution >= 0.6 is 0 Å². The van der Waals surface area contributed by atoms with E-state index in [1.165, 1.54) is 0 Å². The molecule has 0 radical (unpaired) electrons. The van der Waals surface area contributed by atoms with Crippen LogP contribution < -0.4 is 4.74 Å². The number of para-hydroxylation sites is 1. The fourth-order valence-corrected chi connectivity index (χ4v) is 1.81. The summed E-state index contributed by atoms with van der Waals surface area (Å²) in [4.78, 5) is 11.7. The van der Waals surface area contributed by atoms with E-state index in [9.17, 15) is 4.79 Å². The average Bonchev–Trinajstić information content (AvgIpc) is 2.17. The van der Waals surface area contributed by atoms with E-state index in [0.717, 1.165) is 12.8 Å². The molecule has 0 saturated carbocycles. The van der Waals surface area contributed by atoms with E-state index in [0.29, 0.717) is 12.2 Å². The Morgan fingerprint density at radius 1 is 1.25 bits per heavy atom. The molecule has 0 unspecified atom stereocenters. The Labute approximate surface area is 97.6 Å². The molecule has 1 rings (SSSR count). The van der Waals surface area contributed by atoms with Gasteiger partial charge in [-0.25, -0.2) is 0 Å². The van der Waals surface area contributed by atoms with E-state index in [1.54, 1.807) is 12.1 Å². The normalized spacial score (nSPS) is 11.2. The number of benzene rings is 1. The monoisotopic (exact) mass is 220 g/mol. The highest BCUT2D eigenvalue weighted by molar-refractivity contribution is 5.73. The van der Waals surface area contributed by atoms with Gasteiger partial charge in [0.05, 0.1) is 6.42 Å². The van der Waals surface area contributed by atoms with Gasteiger partial charge in [-0.3, -0.25) is 4.79 Å². The fraction of sp³-hybridized carbons (Fsp3) is 0.500. The van der Waals surface area contributed by atoms with Crippen LogP contribution in [0.3, 0.4) is 0 Å². The Hall–Kier alpha value is -1.31. The van der Waals surface area contributed by atoms with Crippen LogP contribution in [-0.2, 0) is 4.79 Å². The van der Waals surface area contributed by atoms with E-state index in [2.05, 4.69) is 20.8 Å². The number of carbonyl (C=O) groups is 1. The highest BCUT2D eigenvalue weighted by atomic mass is 16.5. The lowest BCUT2D eigenvalue weighted by atomic mass is 9.85. The second-order valence-electron chi connectivity index (χ2n) is 4.88. The van der Waals surface area contributed by atoms with Gasteiger partial charge in [-0.1, -0.05) is 45.4 Å². The van der Waals surface area contributed by atoms with E-state index in [4.69, 9.17) is 4.74 Å². The van der Waals surface area contributed by atoms with Gasteiger partial charge >= 0.3 is 5.97 Å². The minimum Gasteiger partial charge on any atom is -0.427 e. The summed E-state index contributed by atoms with van der Waals surface area (Å²) >= 11 is 0. The van der Waals surface area contributed by atoms with Gasteiger partial charge in [-0.2, -0.15) is 0 Å². The van der Waals surface area contributed by atoms with Gasteiger partial charge in [0.15, 0.2) is 0 Å². The maximum absolute atomic E-state index is 11.7. The summed E-state index contributed by atoms with van der Waals surface area (Å²) in [7, 11) is 0. The van der Waals surface area contributed by atoms with Crippen molar-refractivity contribution >= 4 is 5.97 Å². The van der Waals surface area contributed by atoms with E-state index in [1.807, 2.05) is 18.2 Å². The third-order valence-corrected chi connectivity index (χ3v) is 2.52. The summed E-state index contributed by atoms with van der Waals surface area (Å²) in [6, 6.07) is 9.22. The predicted molar refractivity (Wildman–Crippen MR) is 65.4 cm³/mol. The number of ether oxygens (including phenoxy) is 1. The molecule has 16 heavy (non-hydrogen) atoms. The Morgan fingerprint density at radius 2 is 1.88 bits per heavy atom. The van der Waals surface area contributed by atoms with Crippen molar-refractivity contribution in [2.24, 2.45) is 5.41 Å². The zero-order valence-corrected chi connectivity index (χ0v) is 10.3. The summed E-state index contributed by atoms with van der Waals surface area (Å²) in [5.41, 5.74) is 0.0284. The van der Waals surface area contributed by atoms with Gasteiger partial charge in [0.1, 0.15) is 5.75 Å².